The normalized spacial score (nSPS) is 12.5. The van der Waals surface area contributed by atoms with Gasteiger partial charge in [-0.15, -0.1) is 0 Å². The Labute approximate surface area is 156 Å². The smallest absolute Gasteiger partial charge is 0.261 e. The molecule has 0 spiro atoms. The van der Waals surface area contributed by atoms with Crippen molar-refractivity contribution in [3.05, 3.63) is 66.7 Å². The summed E-state index contributed by atoms with van der Waals surface area (Å²) in [7, 11) is -2.15. The highest BCUT2D eigenvalue weighted by Gasteiger charge is 2.20. The molecule has 1 heterocycles. The lowest BCUT2D eigenvalue weighted by atomic mass is 10.3. The highest BCUT2D eigenvalue weighted by Crippen LogP contribution is 2.47. The van der Waals surface area contributed by atoms with Gasteiger partial charge in [0.1, 0.15) is 17.2 Å². The van der Waals surface area contributed by atoms with Crippen LogP contribution in [0.4, 0.5) is 5.69 Å². The van der Waals surface area contributed by atoms with E-state index in [1.54, 1.807) is 42.1 Å². The van der Waals surface area contributed by atoms with Crippen molar-refractivity contribution in [2.24, 2.45) is 0 Å². The highest BCUT2D eigenvalue weighted by molar-refractivity contribution is 7.99. The van der Waals surface area contributed by atoms with Crippen molar-refractivity contribution in [3.8, 4) is 17.2 Å². The summed E-state index contributed by atoms with van der Waals surface area (Å²) in [5, 5.41) is 0. The molecule has 0 aliphatic carbocycles. The van der Waals surface area contributed by atoms with Gasteiger partial charge < -0.3 is 9.47 Å². The van der Waals surface area contributed by atoms with Crippen LogP contribution in [0.2, 0.25) is 0 Å². The third-order valence-electron chi connectivity index (χ3n) is 3.85. The molecule has 0 saturated heterocycles. The maximum Gasteiger partial charge on any atom is 0.261 e. The molecule has 0 saturated carbocycles. The summed E-state index contributed by atoms with van der Waals surface area (Å²) in [6, 6.07) is 19.2. The molecule has 0 amide bonds. The standard InChI is InChI=1S/C19H15NO4S2/c1-23-14-7-9-15(10-8-14)26(21,22)20-13-6-11-17-19(12-13)25-18-5-3-2-4-16(18)24-17/h2-12,20H,1H3. The van der Waals surface area contributed by atoms with Gasteiger partial charge in [0, 0.05) is 0 Å². The zero-order valence-corrected chi connectivity index (χ0v) is 15.4. The minimum Gasteiger partial charge on any atom is -0.497 e. The molecule has 26 heavy (non-hydrogen) atoms. The molecule has 0 atom stereocenters. The molecule has 5 nitrogen and oxygen atoms in total. The van der Waals surface area contributed by atoms with E-state index in [4.69, 9.17) is 9.47 Å². The zero-order chi connectivity index (χ0) is 18.1. The van der Waals surface area contributed by atoms with Gasteiger partial charge in [0.2, 0.25) is 0 Å². The largest absolute Gasteiger partial charge is 0.497 e. The molecule has 0 aromatic heterocycles. The lowest BCUT2D eigenvalue weighted by Gasteiger charge is -2.20. The van der Waals surface area contributed by atoms with Crippen molar-refractivity contribution in [3.63, 3.8) is 0 Å². The summed E-state index contributed by atoms with van der Waals surface area (Å²) in [6.45, 7) is 0. The van der Waals surface area contributed by atoms with Crippen LogP contribution in [0, 0.1) is 0 Å². The van der Waals surface area contributed by atoms with Crippen molar-refractivity contribution in [1.29, 1.82) is 0 Å². The third-order valence-corrected chi connectivity index (χ3v) is 6.35. The quantitative estimate of drug-likeness (QED) is 0.549. The molecule has 7 heteroatoms. The Morgan fingerprint density at radius 2 is 1.65 bits per heavy atom. The molecule has 3 aromatic carbocycles. The van der Waals surface area contributed by atoms with Crippen LogP contribution in [0.25, 0.3) is 0 Å². The molecule has 1 aliphatic rings. The number of methoxy groups -OCH3 is 1. The minimum atomic E-state index is -3.68. The minimum absolute atomic E-state index is 0.172. The summed E-state index contributed by atoms with van der Waals surface area (Å²) in [5.74, 6) is 2.11. The first-order valence-corrected chi connectivity index (χ1v) is 10.1. The van der Waals surface area contributed by atoms with Crippen LogP contribution in [0.3, 0.4) is 0 Å². The predicted molar refractivity (Wildman–Crippen MR) is 101 cm³/mol. The van der Waals surface area contributed by atoms with E-state index in [0.29, 0.717) is 17.2 Å². The molecule has 0 radical (unpaired) electrons. The molecule has 1 aliphatic heterocycles. The number of anilines is 1. The molecule has 0 bridgehead atoms. The van der Waals surface area contributed by atoms with Crippen LogP contribution >= 0.6 is 11.8 Å². The summed E-state index contributed by atoms with van der Waals surface area (Å²) in [4.78, 5) is 2.03. The average molecular weight is 385 g/mol. The Morgan fingerprint density at radius 3 is 2.42 bits per heavy atom. The van der Waals surface area contributed by atoms with E-state index in [9.17, 15) is 8.42 Å². The molecule has 0 fully saturated rings. The Hall–Kier alpha value is -2.64. The van der Waals surface area contributed by atoms with Crippen LogP contribution in [0.5, 0.6) is 17.2 Å². The summed E-state index contributed by atoms with van der Waals surface area (Å²) >= 11 is 1.55. The summed E-state index contributed by atoms with van der Waals surface area (Å²) in [6.07, 6.45) is 0. The second-order valence-electron chi connectivity index (χ2n) is 5.59. The Morgan fingerprint density at radius 1 is 0.923 bits per heavy atom. The number of ether oxygens (including phenoxy) is 2. The fourth-order valence-electron chi connectivity index (χ4n) is 2.56. The van der Waals surface area contributed by atoms with Crippen LogP contribution in [-0.4, -0.2) is 15.5 Å². The van der Waals surface area contributed by atoms with Gasteiger partial charge in [-0.1, -0.05) is 23.9 Å². The number of benzene rings is 3. The van der Waals surface area contributed by atoms with Gasteiger partial charge in [0.05, 0.1) is 27.5 Å². The van der Waals surface area contributed by atoms with Crippen molar-refractivity contribution in [2.45, 2.75) is 14.7 Å². The predicted octanol–water partition coefficient (Wildman–Crippen LogP) is 4.75. The van der Waals surface area contributed by atoms with Gasteiger partial charge in [-0.2, -0.15) is 0 Å². The summed E-state index contributed by atoms with van der Waals surface area (Å²) < 4.78 is 38.7. The molecule has 132 valence electrons. The van der Waals surface area contributed by atoms with E-state index in [2.05, 4.69) is 4.72 Å². The number of hydrogen-bond donors (Lipinski definition) is 1. The molecular formula is C19H15NO4S2. The van der Waals surface area contributed by atoms with Gasteiger partial charge in [-0.3, -0.25) is 4.72 Å². The number of para-hydroxylation sites is 1. The number of nitrogens with one attached hydrogen (secondary N) is 1. The molecular weight excluding hydrogens is 370 g/mol. The fourth-order valence-corrected chi connectivity index (χ4v) is 4.60. The topological polar surface area (TPSA) is 64.6 Å². The molecule has 1 N–H and O–H groups in total. The fraction of sp³-hybridized carbons (Fsp3) is 0.0526. The lowest BCUT2D eigenvalue weighted by Crippen LogP contribution is -2.13. The van der Waals surface area contributed by atoms with Gasteiger partial charge in [-0.25, -0.2) is 8.42 Å². The van der Waals surface area contributed by atoms with Gasteiger partial charge in [0.25, 0.3) is 10.0 Å². The number of fused-ring (bicyclic) bond motifs is 2. The first kappa shape index (κ1) is 16.8. The molecule has 3 aromatic rings. The van der Waals surface area contributed by atoms with Crippen molar-refractivity contribution in [1.82, 2.24) is 0 Å². The number of hydrogen-bond acceptors (Lipinski definition) is 5. The van der Waals surface area contributed by atoms with Gasteiger partial charge in [-0.05, 0) is 54.6 Å². The Bertz CT molecular complexity index is 1060. The molecule has 0 unspecified atom stereocenters. The SMILES string of the molecule is COc1ccc(S(=O)(=O)Nc2ccc3c(c2)Sc2ccccc2O3)cc1. The Balaban J connectivity index is 1.59. The summed E-state index contributed by atoms with van der Waals surface area (Å²) in [5.41, 5.74) is 0.482. The van der Waals surface area contributed by atoms with Crippen molar-refractivity contribution < 1.29 is 17.9 Å². The zero-order valence-electron chi connectivity index (χ0n) is 13.8. The number of sulfonamides is 1. The first-order chi connectivity index (χ1) is 12.5. The van der Waals surface area contributed by atoms with Crippen molar-refractivity contribution in [2.75, 3.05) is 11.8 Å². The van der Waals surface area contributed by atoms with Crippen LogP contribution in [-0.2, 0) is 10.0 Å². The lowest BCUT2D eigenvalue weighted by molar-refractivity contribution is 0.414. The maximum absolute atomic E-state index is 12.6. The average Bonchev–Trinajstić information content (AvgIpc) is 2.66. The monoisotopic (exact) mass is 385 g/mol. The third kappa shape index (κ3) is 3.23. The van der Waals surface area contributed by atoms with E-state index in [-0.39, 0.29) is 4.90 Å². The second-order valence-corrected chi connectivity index (χ2v) is 8.36. The first-order valence-electron chi connectivity index (χ1n) is 7.81. The van der Waals surface area contributed by atoms with Crippen LogP contribution < -0.4 is 14.2 Å². The van der Waals surface area contributed by atoms with Crippen LogP contribution in [0.1, 0.15) is 0 Å². The number of rotatable bonds is 4. The van der Waals surface area contributed by atoms with E-state index in [1.165, 1.54) is 19.2 Å². The van der Waals surface area contributed by atoms with E-state index >= 15 is 0 Å². The second kappa shape index (κ2) is 6.59. The Kier molecular flexibility index (Phi) is 4.26. The van der Waals surface area contributed by atoms with E-state index < -0.39 is 10.0 Å². The molecule has 4 rings (SSSR count). The van der Waals surface area contributed by atoms with Crippen molar-refractivity contribution >= 4 is 27.5 Å². The van der Waals surface area contributed by atoms with Gasteiger partial charge in [0.15, 0.2) is 0 Å². The van der Waals surface area contributed by atoms with Crippen LogP contribution in [0.15, 0.2) is 81.4 Å². The van der Waals surface area contributed by atoms with Gasteiger partial charge >= 0.3 is 0 Å². The highest BCUT2D eigenvalue weighted by atomic mass is 32.2. The maximum atomic E-state index is 12.6. The van der Waals surface area contributed by atoms with E-state index in [0.717, 1.165) is 15.5 Å². The van der Waals surface area contributed by atoms with E-state index in [1.807, 2.05) is 24.3 Å².